The molecule has 77 heavy (non-hydrogen) atoms. The van der Waals surface area contributed by atoms with Crippen LogP contribution in [0.15, 0.2) is 122 Å². The molecule has 10 heteroatoms. The first-order chi connectivity index (χ1) is 37.8. The van der Waals surface area contributed by atoms with Crippen LogP contribution in [0.3, 0.4) is 0 Å². The number of allylic oxidation sites excluding steroid dienone is 20. The lowest BCUT2D eigenvalue weighted by molar-refractivity contribution is -0.161. The van der Waals surface area contributed by atoms with E-state index in [1.54, 1.807) is 0 Å². The first-order valence-electron chi connectivity index (χ1n) is 31.0. The van der Waals surface area contributed by atoms with Gasteiger partial charge in [-0.25, -0.2) is 4.57 Å². The molecule has 0 saturated carbocycles. The summed E-state index contributed by atoms with van der Waals surface area (Å²) in [5.74, 6) is -0.849. The number of hydrogen-bond acceptors (Lipinski definition) is 8. The first-order valence-corrected chi connectivity index (χ1v) is 32.5. The van der Waals surface area contributed by atoms with Crippen molar-refractivity contribution in [3.63, 3.8) is 0 Å². The number of ether oxygens (including phenoxy) is 2. The summed E-state index contributed by atoms with van der Waals surface area (Å²) in [6.07, 6.45) is 85.5. The lowest BCUT2D eigenvalue weighted by Gasteiger charge is -2.19. The molecule has 0 heterocycles. The minimum absolute atomic E-state index is 0.0459. The molecule has 0 aromatic heterocycles. The summed E-state index contributed by atoms with van der Waals surface area (Å²) in [6, 6.07) is 0. The van der Waals surface area contributed by atoms with Gasteiger partial charge in [0.15, 0.2) is 6.10 Å². The van der Waals surface area contributed by atoms with Gasteiger partial charge >= 0.3 is 19.8 Å². The summed E-state index contributed by atoms with van der Waals surface area (Å²) < 4.78 is 33.1. The highest BCUT2D eigenvalue weighted by atomic mass is 31.2. The van der Waals surface area contributed by atoms with E-state index in [1.165, 1.54) is 103 Å². The van der Waals surface area contributed by atoms with Crippen LogP contribution in [-0.4, -0.2) is 49.3 Å². The molecule has 0 aromatic carbocycles. The van der Waals surface area contributed by atoms with E-state index in [0.29, 0.717) is 12.8 Å². The summed E-state index contributed by atoms with van der Waals surface area (Å²) in [5, 5.41) is 0. The molecule has 2 atom stereocenters. The van der Waals surface area contributed by atoms with E-state index < -0.39 is 32.5 Å². The molecule has 0 saturated heterocycles. The fourth-order valence-electron chi connectivity index (χ4n) is 8.34. The Balaban J connectivity index is 3.93. The van der Waals surface area contributed by atoms with Gasteiger partial charge in [0.1, 0.15) is 6.61 Å². The second-order valence-electron chi connectivity index (χ2n) is 20.2. The number of phosphoric ester groups is 1. The molecule has 2 unspecified atom stereocenters. The normalized spacial score (nSPS) is 13.9. The van der Waals surface area contributed by atoms with Crippen LogP contribution in [0.1, 0.15) is 258 Å². The van der Waals surface area contributed by atoms with Crippen LogP contribution < -0.4 is 5.73 Å². The van der Waals surface area contributed by atoms with Crippen LogP contribution in [0.2, 0.25) is 0 Å². The third-order valence-corrected chi connectivity index (χ3v) is 13.8. The number of phosphoric acid groups is 1. The molecule has 0 amide bonds. The third-order valence-electron chi connectivity index (χ3n) is 12.8. The molecule has 0 fully saturated rings. The predicted octanol–water partition coefficient (Wildman–Crippen LogP) is 20.0. The lowest BCUT2D eigenvalue weighted by Crippen LogP contribution is -2.29. The highest BCUT2D eigenvalue weighted by molar-refractivity contribution is 7.47. The fraction of sp³-hybridized carbons (Fsp3) is 0.672. The van der Waals surface area contributed by atoms with Crippen LogP contribution in [0, 0.1) is 0 Å². The molecule has 0 spiro atoms. The average molecular weight is 1090 g/mol. The van der Waals surface area contributed by atoms with Gasteiger partial charge in [-0.1, -0.05) is 264 Å². The molecule has 0 aliphatic heterocycles. The van der Waals surface area contributed by atoms with Gasteiger partial charge in [-0.15, -0.1) is 0 Å². The Labute approximate surface area is 472 Å². The molecule has 0 aromatic rings. The van der Waals surface area contributed by atoms with Gasteiger partial charge in [0.05, 0.1) is 13.2 Å². The van der Waals surface area contributed by atoms with Gasteiger partial charge < -0.3 is 20.1 Å². The second-order valence-corrected chi connectivity index (χ2v) is 21.6. The van der Waals surface area contributed by atoms with Crippen LogP contribution in [0.4, 0.5) is 0 Å². The van der Waals surface area contributed by atoms with Crippen molar-refractivity contribution in [3.05, 3.63) is 122 Å². The van der Waals surface area contributed by atoms with E-state index in [-0.39, 0.29) is 32.6 Å². The van der Waals surface area contributed by atoms with Gasteiger partial charge in [0.2, 0.25) is 0 Å². The molecule has 0 aliphatic rings. The monoisotopic (exact) mass is 1090 g/mol. The maximum absolute atomic E-state index is 12.7. The van der Waals surface area contributed by atoms with Crippen molar-refractivity contribution in [1.82, 2.24) is 0 Å². The molecule has 440 valence electrons. The summed E-state index contributed by atoms with van der Waals surface area (Å²) in [5.41, 5.74) is 5.39. The maximum atomic E-state index is 12.7. The topological polar surface area (TPSA) is 134 Å². The Bertz CT molecular complexity index is 1670. The number of nitrogens with two attached hydrogens (primary N) is 1. The van der Waals surface area contributed by atoms with Crippen molar-refractivity contribution in [2.24, 2.45) is 5.73 Å². The Morgan fingerprint density at radius 3 is 1.00 bits per heavy atom. The maximum Gasteiger partial charge on any atom is 0.472 e. The zero-order valence-corrected chi connectivity index (χ0v) is 50.0. The molecule has 0 radical (unpaired) electrons. The van der Waals surface area contributed by atoms with Gasteiger partial charge in [0, 0.05) is 19.4 Å². The van der Waals surface area contributed by atoms with Gasteiger partial charge in [-0.3, -0.25) is 18.6 Å². The molecule has 3 N–H and O–H groups in total. The Kier molecular flexibility index (Phi) is 58.7. The highest BCUT2D eigenvalue weighted by Gasteiger charge is 2.26. The number of carbonyl (C=O) groups is 2. The van der Waals surface area contributed by atoms with Crippen LogP contribution in [0.25, 0.3) is 0 Å². The van der Waals surface area contributed by atoms with E-state index >= 15 is 0 Å². The van der Waals surface area contributed by atoms with Crippen molar-refractivity contribution >= 4 is 19.8 Å². The number of hydrogen-bond donors (Lipinski definition) is 2. The van der Waals surface area contributed by atoms with Crippen molar-refractivity contribution in [3.8, 4) is 0 Å². The van der Waals surface area contributed by atoms with E-state index in [9.17, 15) is 19.0 Å². The minimum Gasteiger partial charge on any atom is -0.462 e. The fourth-order valence-corrected chi connectivity index (χ4v) is 9.10. The zero-order chi connectivity index (χ0) is 55.9. The molecule has 0 bridgehead atoms. The van der Waals surface area contributed by atoms with Crippen molar-refractivity contribution in [1.29, 1.82) is 0 Å². The second kappa shape index (κ2) is 61.6. The number of unbranched alkanes of at least 4 members (excludes halogenated alkanes) is 24. The summed E-state index contributed by atoms with van der Waals surface area (Å²) >= 11 is 0. The smallest absolute Gasteiger partial charge is 0.462 e. The largest absolute Gasteiger partial charge is 0.472 e. The van der Waals surface area contributed by atoms with Crippen molar-refractivity contribution < 1.29 is 37.6 Å². The number of esters is 2. The minimum atomic E-state index is -4.40. The molecular weight excluding hydrogens is 978 g/mol. The Morgan fingerprint density at radius 2 is 0.675 bits per heavy atom. The Morgan fingerprint density at radius 1 is 0.390 bits per heavy atom. The molecular formula is C67H114NO8P. The van der Waals surface area contributed by atoms with Gasteiger partial charge in [-0.05, 0) is 103 Å². The SMILES string of the molecule is CC/C=C\C/C=C\C/C=C\C/C=C\C/C=C\CCCCCCCCCCCCCCCCCCCCCC(=O)OC(COC(=O)CCCCCCC/C=C\C/C=C\C/C=C\C/C=C\C/C=C\CC)COP(=O)(O)OCCN. The molecule has 0 aliphatic carbocycles. The van der Waals surface area contributed by atoms with Gasteiger partial charge in [-0.2, -0.15) is 0 Å². The van der Waals surface area contributed by atoms with E-state index in [2.05, 4.69) is 135 Å². The summed E-state index contributed by atoms with van der Waals surface area (Å²) in [6.45, 7) is 3.50. The van der Waals surface area contributed by atoms with Crippen LogP contribution >= 0.6 is 7.82 Å². The number of carbonyl (C=O) groups excluding carboxylic acids is 2. The summed E-state index contributed by atoms with van der Waals surface area (Å²) in [4.78, 5) is 35.2. The highest BCUT2D eigenvalue weighted by Crippen LogP contribution is 2.43. The van der Waals surface area contributed by atoms with Crippen molar-refractivity contribution in [2.75, 3.05) is 26.4 Å². The zero-order valence-electron chi connectivity index (χ0n) is 49.2. The van der Waals surface area contributed by atoms with Crippen LogP contribution in [-0.2, 0) is 32.7 Å². The predicted molar refractivity (Wildman–Crippen MR) is 330 cm³/mol. The average Bonchev–Trinajstić information content (AvgIpc) is 3.42. The van der Waals surface area contributed by atoms with Crippen molar-refractivity contribution in [2.45, 2.75) is 264 Å². The number of rotatable bonds is 57. The standard InChI is InChI=1S/C67H114NO8P/c1-3-5-7-9-11-13-15-17-19-21-23-25-26-27-28-29-30-31-32-33-34-35-36-37-38-40-42-44-46-48-50-52-54-56-58-60-67(70)76-65(64-75-77(71,72)74-62-61-68)63-73-66(69)59-57-55-53-51-49-47-45-43-41-39-24-22-20-18-16-14-12-10-8-6-4-2/h5-8,11-14,17-20,23-25,27-28,39,43,45,65H,3-4,9-10,15-16,21-22,26,29-38,40-42,44,46-64,68H2,1-2H3,(H,71,72)/b7-5-,8-6-,13-11-,14-12-,19-17-,20-18-,25-23-,28-27-,39-24-,45-43-. The van der Waals surface area contributed by atoms with E-state index in [4.69, 9.17) is 24.3 Å². The molecule has 0 rings (SSSR count). The van der Waals surface area contributed by atoms with Crippen LogP contribution in [0.5, 0.6) is 0 Å². The quantitative estimate of drug-likeness (QED) is 0.0264. The summed E-state index contributed by atoms with van der Waals surface area (Å²) in [7, 11) is -4.40. The lowest BCUT2D eigenvalue weighted by atomic mass is 10.0. The van der Waals surface area contributed by atoms with E-state index in [1.807, 2.05) is 0 Å². The van der Waals surface area contributed by atoms with Gasteiger partial charge in [0.25, 0.3) is 0 Å². The molecule has 9 nitrogen and oxygen atoms in total. The first kappa shape index (κ1) is 73.4. The van der Waals surface area contributed by atoms with E-state index in [0.717, 1.165) is 116 Å². The Hall–Kier alpha value is -3.59. The third kappa shape index (κ3) is 61.5.